The van der Waals surface area contributed by atoms with E-state index in [0.717, 1.165) is 26.8 Å². The predicted octanol–water partition coefficient (Wildman–Crippen LogP) is 6.95. The highest BCUT2D eigenvalue weighted by atomic mass is 35.5. The number of benzene rings is 3. The standard InChI is InChI=1S/C26H16Cl2N2O3S/c1-13-2-8-18-21(10-13)34-24(23(18)28)26(31)32-16-7-9-17-20(11-16)33-25(30)19(12-29)22(17)14-3-5-15(27)6-4-14/h2-11,22H,30H2,1H3. The summed E-state index contributed by atoms with van der Waals surface area (Å²) < 4.78 is 12.3. The van der Waals surface area contributed by atoms with Gasteiger partial charge in [-0.05, 0) is 42.3 Å². The minimum Gasteiger partial charge on any atom is -0.440 e. The summed E-state index contributed by atoms with van der Waals surface area (Å²) in [5, 5.41) is 11.5. The zero-order valence-corrected chi connectivity index (χ0v) is 20.1. The Hall–Kier alpha value is -3.50. The van der Waals surface area contributed by atoms with Crippen molar-refractivity contribution in [2.75, 3.05) is 0 Å². The topological polar surface area (TPSA) is 85.3 Å². The number of nitriles is 1. The number of hydrogen-bond acceptors (Lipinski definition) is 6. The number of ether oxygens (including phenoxy) is 2. The molecule has 8 heteroatoms. The van der Waals surface area contributed by atoms with Gasteiger partial charge in [0.1, 0.15) is 28.0 Å². The summed E-state index contributed by atoms with van der Waals surface area (Å²) in [4.78, 5) is 13.2. The normalized spacial score (nSPS) is 14.9. The van der Waals surface area contributed by atoms with Crippen LogP contribution in [0, 0.1) is 18.3 Å². The van der Waals surface area contributed by atoms with Crippen LogP contribution in [0.1, 0.15) is 32.3 Å². The number of esters is 1. The van der Waals surface area contributed by atoms with E-state index in [1.807, 2.05) is 37.3 Å². The first kappa shape index (κ1) is 22.3. The quantitative estimate of drug-likeness (QED) is 0.240. The second kappa shape index (κ2) is 8.69. The Morgan fingerprint density at radius 3 is 2.62 bits per heavy atom. The number of carbonyl (C=O) groups excluding carboxylic acids is 1. The van der Waals surface area contributed by atoms with Gasteiger partial charge in [-0.1, -0.05) is 53.5 Å². The minimum absolute atomic E-state index is 0.00125. The number of allylic oxidation sites excluding steroid dienone is 1. The molecule has 0 radical (unpaired) electrons. The summed E-state index contributed by atoms with van der Waals surface area (Å²) in [6.07, 6.45) is 0. The molecule has 0 amide bonds. The van der Waals surface area contributed by atoms with E-state index in [2.05, 4.69) is 6.07 Å². The van der Waals surface area contributed by atoms with Gasteiger partial charge in [0.25, 0.3) is 0 Å². The molecule has 0 saturated heterocycles. The summed E-state index contributed by atoms with van der Waals surface area (Å²) in [7, 11) is 0. The van der Waals surface area contributed by atoms with Crippen molar-refractivity contribution >= 4 is 50.6 Å². The van der Waals surface area contributed by atoms with Gasteiger partial charge < -0.3 is 15.2 Å². The summed E-state index contributed by atoms with van der Waals surface area (Å²) >= 11 is 13.8. The molecule has 1 aliphatic rings. The van der Waals surface area contributed by atoms with Gasteiger partial charge in [-0.3, -0.25) is 0 Å². The van der Waals surface area contributed by atoms with Crippen LogP contribution in [0.15, 0.2) is 72.1 Å². The van der Waals surface area contributed by atoms with Gasteiger partial charge in [0.15, 0.2) is 0 Å². The van der Waals surface area contributed by atoms with Gasteiger partial charge in [0.2, 0.25) is 5.88 Å². The molecule has 0 aliphatic carbocycles. The molecule has 0 bridgehead atoms. The summed E-state index contributed by atoms with van der Waals surface area (Å²) in [5.41, 5.74) is 9.01. The highest BCUT2D eigenvalue weighted by Crippen LogP contribution is 2.44. The largest absolute Gasteiger partial charge is 0.440 e. The van der Waals surface area contributed by atoms with E-state index in [0.29, 0.717) is 26.2 Å². The maximum atomic E-state index is 12.9. The van der Waals surface area contributed by atoms with Crippen LogP contribution >= 0.6 is 34.5 Å². The van der Waals surface area contributed by atoms with Crippen LogP contribution in [0.25, 0.3) is 10.1 Å². The molecular weight excluding hydrogens is 491 g/mol. The highest BCUT2D eigenvalue weighted by Gasteiger charge is 2.31. The first-order valence-corrected chi connectivity index (χ1v) is 11.8. The SMILES string of the molecule is Cc1ccc2c(Cl)c(C(=O)Oc3ccc4c(c3)OC(N)=C(C#N)C4c3ccc(Cl)cc3)sc2c1. The highest BCUT2D eigenvalue weighted by molar-refractivity contribution is 7.21. The van der Waals surface area contributed by atoms with E-state index in [9.17, 15) is 10.1 Å². The molecule has 4 aromatic rings. The summed E-state index contributed by atoms with van der Waals surface area (Å²) in [6, 6.07) is 20.2. The fourth-order valence-corrected chi connectivity index (χ4v) is 5.56. The van der Waals surface area contributed by atoms with Crippen molar-refractivity contribution in [1.82, 2.24) is 0 Å². The first-order valence-electron chi connectivity index (χ1n) is 10.2. The summed E-state index contributed by atoms with van der Waals surface area (Å²) in [6.45, 7) is 1.98. The van der Waals surface area contributed by atoms with Crippen molar-refractivity contribution in [3.63, 3.8) is 0 Å². The number of halogens is 2. The molecule has 1 atom stereocenters. The Morgan fingerprint density at radius 1 is 1.12 bits per heavy atom. The van der Waals surface area contributed by atoms with E-state index in [4.69, 9.17) is 38.4 Å². The van der Waals surface area contributed by atoms with Crippen LogP contribution in [-0.2, 0) is 0 Å². The third-order valence-corrected chi connectivity index (χ3v) is 7.46. The molecule has 5 nitrogen and oxygen atoms in total. The lowest BCUT2D eigenvalue weighted by Gasteiger charge is -2.26. The van der Waals surface area contributed by atoms with E-state index in [1.165, 1.54) is 11.3 Å². The number of nitrogens with two attached hydrogens (primary N) is 1. The Labute approximate surface area is 209 Å². The van der Waals surface area contributed by atoms with Crippen molar-refractivity contribution in [3.8, 4) is 17.6 Å². The Bertz CT molecular complexity index is 1530. The average Bonchev–Trinajstić information content (AvgIpc) is 3.14. The maximum absolute atomic E-state index is 12.9. The van der Waals surface area contributed by atoms with Crippen LogP contribution in [0.4, 0.5) is 0 Å². The minimum atomic E-state index is -0.560. The summed E-state index contributed by atoms with van der Waals surface area (Å²) in [5.74, 6) is -0.316. The number of aryl methyl sites for hydroxylation is 1. The number of carbonyl (C=O) groups is 1. The van der Waals surface area contributed by atoms with Crippen molar-refractivity contribution in [2.45, 2.75) is 12.8 Å². The molecule has 34 heavy (non-hydrogen) atoms. The van der Waals surface area contributed by atoms with Gasteiger partial charge in [-0.2, -0.15) is 5.26 Å². The molecule has 2 N–H and O–H groups in total. The van der Waals surface area contributed by atoms with Gasteiger partial charge in [-0.25, -0.2) is 4.79 Å². The van der Waals surface area contributed by atoms with Gasteiger partial charge in [0.05, 0.1) is 10.9 Å². The Kier molecular flexibility index (Phi) is 5.70. The van der Waals surface area contributed by atoms with Crippen LogP contribution in [0.2, 0.25) is 10.0 Å². The fraction of sp³-hybridized carbons (Fsp3) is 0.0769. The van der Waals surface area contributed by atoms with E-state index in [1.54, 1.807) is 30.3 Å². The number of nitrogens with zero attached hydrogens (tertiary/aromatic N) is 1. The molecule has 1 aliphatic heterocycles. The van der Waals surface area contributed by atoms with Crippen LogP contribution < -0.4 is 15.2 Å². The first-order chi connectivity index (χ1) is 16.4. The number of rotatable bonds is 3. The molecule has 0 spiro atoms. The zero-order chi connectivity index (χ0) is 24.0. The second-order valence-electron chi connectivity index (χ2n) is 7.81. The molecular formula is C26H16Cl2N2O3S. The molecule has 0 fully saturated rings. The van der Waals surface area contributed by atoms with Crippen LogP contribution in [-0.4, -0.2) is 5.97 Å². The van der Waals surface area contributed by atoms with Crippen LogP contribution in [0.5, 0.6) is 11.5 Å². The zero-order valence-electron chi connectivity index (χ0n) is 17.8. The number of thiophene rings is 1. The van der Waals surface area contributed by atoms with Crippen LogP contribution in [0.3, 0.4) is 0 Å². The number of hydrogen-bond donors (Lipinski definition) is 1. The van der Waals surface area contributed by atoms with Gasteiger partial charge >= 0.3 is 5.97 Å². The predicted molar refractivity (Wildman–Crippen MR) is 134 cm³/mol. The van der Waals surface area contributed by atoms with Crippen molar-refractivity contribution < 1.29 is 14.3 Å². The smallest absolute Gasteiger partial charge is 0.355 e. The average molecular weight is 507 g/mol. The molecule has 1 unspecified atom stereocenters. The monoisotopic (exact) mass is 506 g/mol. The molecule has 0 saturated carbocycles. The lowest BCUT2D eigenvalue weighted by atomic mass is 9.83. The third-order valence-electron chi connectivity index (χ3n) is 5.57. The second-order valence-corrected chi connectivity index (χ2v) is 9.68. The van der Waals surface area contributed by atoms with E-state index >= 15 is 0 Å². The maximum Gasteiger partial charge on any atom is 0.355 e. The Morgan fingerprint density at radius 2 is 1.88 bits per heavy atom. The van der Waals surface area contributed by atoms with Crippen molar-refractivity contribution in [3.05, 3.63) is 104 Å². The Balaban J connectivity index is 1.49. The van der Waals surface area contributed by atoms with Crippen molar-refractivity contribution in [1.29, 1.82) is 5.26 Å². The molecule has 5 rings (SSSR count). The van der Waals surface area contributed by atoms with Crippen molar-refractivity contribution in [2.24, 2.45) is 5.73 Å². The molecule has 1 aromatic heterocycles. The van der Waals surface area contributed by atoms with E-state index < -0.39 is 11.9 Å². The van der Waals surface area contributed by atoms with Gasteiger partial charge in [-0.15, -0.1) is 11.3 Å². The fourth-order valence-electron chi connectivity index (χ4n) is 3.95. The molecule has 168 valence electrons. The molecule has 2 heterocycles. The molecule has 3 aromatic carbocycles. The van der Waals surface area contributed by atoms with Gasteiger partial charge in [0, 0.05) is 26.7 Å². The van der Waals surface area contributed by atoms with E-state index in [-0.39, 0.29) is 11.6 Å². The third kappa shape index (κ3) is 3.88. The lowest BCUT2D eigenvalue weighted by Crippen LogP contribution is -2.21. The number of fused-ring (bicyclic) bond motifs is 2. The lowest BCUT2D eigenvalue weighted by molar-refractivity contribution is 0.0740.